The molecule has 0 aliphatic rings. The summed E-state index contributed by atoms with van der Waals surface area (Å²) >= 11 is 1.61. The average molecular weight is 260 g/mol. The standard InChI is InChI=1S/C14H16N2OS/c1-2-7-17-14-6-4-3-5-12(14)8-15-9-13-10-18-11-16-13/h2-6,10-11,15H,1,7-9H2. The Kier molecular flexibility index (Phi) is 4.93. The van der Waals surface area contributed by atoms with E-state index in [1.807, 2.05) is 29.1 Å². The van der Waals surface area contributed by atoms with Crippen LogP contribution in [0.5, 0.6) is 5.75 Å². The highest BCUT2D eigenvalue weighted by Crippen LogP contribution is 2.17. The van der Waals surface area contributed by atoms with Crippen molar-refractivity contribution in [3.63, 3.8) is 0 Å². The molecule has 0 aliphatic heterocycles. The van der Waals surface area contributed by atoms with Gasteiger partial charge < -0.3 is 10.1 Å². The molecule has 0 fully saturated rings. The normalized spacial score (nSPS) is 10.2. The molecule has 94 valence electrons. The Bertz CT molecular complexity index is 482. The van der Waals surface area contributed by atoms with E-state index in [-0.39, 0.29) is 0 Å². The molecule has 1 N–H and O–H groups in total. The number of aromatic nitrogens is 1. The van der Waals surface area contributed by atoms with Crippen molar-refractivity contribution in [1.29, 1.82) is 0 Å². The lowest BCUT2D eigenvalue weighted by atomic mass is 10.2. The van der Waals surface area contributed by atoms with Crippen LogP contribution in [0.25, 0.3) is 0 Å². The summed E-state index contributed by atoms with van der Waals surface area (Å²) in [6, 6.07) is 8.03. The second kappa shape index (κ2) is 6.93. The summed E-state index contributed by atoms with van der Waals surface area (Å²) in [4.78, 5) is 4.23. The summed E-state index contributed by atoms with van der Waals surface area (Å²) < 4.78 is 5.60. The lowest BCUT2D eigenvalue weighted by molar-refractivity contribution is 0.358. The molecule has 0 spiro atoms. The first kappa shape index (κ1) is 12.8. The number of nitrogens with zero attached hydrogens (tertiary/aromatic N) is 1. The zero-order valence-electron chi connectivity index (χ0n) is 10.1. The molecule has 0 radical (unpaired) electrons. The Labute approximate surface area is 111 Å². The minimum atomic E-state index is 0.531. The summed E-state index contributed by atoms with van der Waals surface area (Å²) in [7, 11) is 0. The van der Waals surface area contributed by atoms with Crippen LogP contribution in [0, 0.1) is 0 Å². The van der Waals surface area contributed by atoms with Crippen LogP contribution in [-0.4, -0.2) is 11.6 Å². The van der Waals surface area contributed by atoms with E-state index in [0.29, 0.717) is 6.61 Å². The Morgan fingerprint density at radius 1 is 1.33 bits per heavy atom. The van der Waals surface area contributed by atoms with Crippen LogP contribution in [-0.2, 0) is 13.1 Å². The van der Waals surface area contributed by atoms with Crippen LogP contribution in [0.15, 0.2) is 47.8 Å². The smallest absolute Gasteiger partial charge is 0.124 e. The van der Waals surface area contributed by atoms with E-state index in [1.54, 1.807) is 17.4 Å². The Balaban J connectivity index is 1.89. The van der Waals surface area contributed by atoms with E-state index in [2.05, 4.69) is 22.9 Å². The molecule has 0 bridgehead atoms. The maximum absolute atomic E-state index is 5.60. The van der Waals surface area contributed by atoms with Gasteiger partial charge in [-0.1, -0.05) is 30.9 Å². The first-order chi connectivity index (χ1) is 8.90. The molecule has 2 aromatic rings. The highest BCUT2D eigenvalue weighted by Gasteiger charge is 2.02. The van der Waals surface area contributed by atoms with Crippen molar-refractivity contribution in [2.45, 2.75) is 13.1 Å². The monoisotopic (exact) mass is 260 g/mol. The number of hydrogen-bond donors (Lipinski definition) is 1. The highest BCUT2D eigenvalue weighted by molar-refractivity contribution is 7.07. The van der Waals surface area contributed by atoms with Crippen LogP contribution in [0.2, 0.25) is 0 Å². The van der Waals surface area contributed by atoms with Crippen molar-refractivity contribution in [1.82, 2.24) is 10.3 Å². The van der Waals surface area contributed by atoms with Crippen molar-refractivity contribution in [2.75, 3.05) is 6.61 Å². The quantitative estimate of drug-likeness (QED) is 0.777. The number of nitrogens with one attached hydrogen (secondary N) is 1. The molecular formula is C14H16N2OS. The van der Waals surface area contributed by atoms with Gasteiger partial charge in [-0.15, -0.1) is 11.3 Å². The molecular weight excluding hydrogens is 244 g/mol. The number of thiazole rings is 1. The number of rotatable bonds is 7. The van der Waals surface area contributed by atoms with Gasteiger partial charge >= 0.3 is 0 Å². The predicted molar refractivity (Wildman–Crippen MR) is 74.8 cm³/mol. The number of ether oxygens (including phenoxy) is 1. The van der Waals surface area contributed by atoms with Crippen LogP contribution in [0.4, 0.5) is 0 Å². The number of benzene rings is 1. The first-order valence-electron chi connectivity index (χ1n) is 5.79. The maximum Gasteiger partial charge on any atom is 0.124 e. The molecule has 3 nitrogen and oxygen atoms in total. The van der Waals surface area contributed by atoms with Gasteiger partial charge in [0.25, 0.3) is 0 Å². The van der Waals surface area contributed by atoms with Crippen molar-refractivity contribution in [3.05, 3.63) is 59.1 Å². The predicted octanol–water partition coefficient (Wildman–Crippen LogP) is 3.00. The van der Waals surface area contributed by atoms with Gasteiger partial charge in [0.05, 0.1) is 11.2 Å². The topological polar surface area (TPSA) is 34.1 Å². The molecule has 18 heavy (non-hydrogen) atoms. The van der Waals surface area contributed by atoms with Crippen molar-refractivity contribution in [3.8, 4) is 5.75 Å². The van der Waals surface area contributed by atoms with Crippen molar-refractivity contribution in [2.24, 2.45) is 0 Å². The van der Waals surface area contributed by atoms with Gasteiger partial charge in [-0.3, -0.25) is 0 Å². The van der Waals surface area contributed by atoms with E-state index < -0.39 is 0 Å². The first-order valence-corrected chi connectivity index (χ1v) is 6.74. The third kappa shape index (κ3) is 3.68. The molecule has 1 aromatic carbocycles. The van der Waals surface area contributed by atoms with Gasteiger partial charge in [0.1, 0.15) is 12.4 Å². The third-order valence-corrected chi connectivity index (χ3v) is 3.07. The highest BCUT2D eigenvalue weighted by atomic mass is 32.1. The zero-order chi connectivity index (χ0) is 12.6. The second-order valence-electron chi connectivity index (χ2n) is 3.79. The minimum Gasteiger partial charge on any atom is -0.489 e. The minimum absolute atomic E-state index is 0.531. The molecule has 0 amide bonds. The van der Waals surface area contributed by atoms with Crippen LogP contribution < -0.4 is 10.1 Å². The van der Waals surface area contributed by atoms with Crippen LogP contribution >= 0.6 is 11.3 Å². The molecule has 0 saturated heterocycles. The fourth-order valence-corrected chi connectivity index (χ4v) is 2.15. The van der Waals surface area contributed by atoms with Crippen LogP contribution in [0.1, 0.15) is 11.3 Å². The average Bonchev–Trinajstić information content (AvgIpc) is 2.91. The fraction of sp³-hybridized carbons (Fsp3) is 0.214. The summed E-state index contributed by atoms with van der Waals surface area (Å²) in [5.41, 5.74) is 4.07. The molecule has 0 atom stereocenters. The molecule has 2 rings (SSSR count). The van der Waals surface area contributed by atoms with E-state index in [4.69, 9.17) is 4.74 Å². The van der Waals surface area contributed by atoms with E-state index in [0.717, 1.165) is 30.1 Å². The molecule has 4 heteroatoms. The van der Waals surface area contributed by atoms with Gasteiger partial charge in [0, 0.05) is 24.0 Å². The second-order valence-corrected chi connectivity index (χ2v) is 4.51. The zero-order valence-corrected chi connectivity index (χ0v) is 11.0. The van der Waals surface area contributed by atoms with Gasteiger partial charge in [0.15, 0.2) is 0 Å². The summed E-state index contributed by atoms with van der Waals surface area (Å²) in [5.74, 6) is 0.906. The van der Waals surface area contributed by atoms with E-state index in [9.17, 15) is 0 Å². The Morgan fingerprint density at radius 3 is 3.00 bits per heavy atom. The Morgan fingerprint density at radius 2 is 2.22 bits per heavy atom. The molecule has 0 unspecified atom stereocenters. The number of para-hydroxylation sites is 1. The molecule has 1 aromatic heterocycles. The van der Waals surface area contributed by atoms with Crippen molar-refractivity contribution < 1.29 is 4.74 Å². The molecule has 1 heterocycles. The van der Waals surface area contributed by atoms with Gasteiger partial charge in [-0.2, -0.15) is 0 Å². The number of hydrogen-bond acceptors (Lipinski definition) is 4. The summed E-state index contributed by atoms with van der Waals surface area (Å²) in [5, 5.41) is 5.41. The van der Waals surface area contributed by atoms with Gasteiger partial charge in [-0.25, -0.2) is 4.98 Å². The summed E-state index contributed by atoms with van der Waals surface area (Å²) in [6.45, 7) is 5.73. The van der Waals surface area contributed by atoms with Crippen molar-refractivity contribution >= 4 is 11.3 Å². The van der Waals surface area contributed by atoms with E-state index >= 15 is 0 Å². The maximum atomic E-state index is 5.60. The molecule has 0 saturated carbocycles. The van der Waals surface area contributed by atoms with Gasteiger partial charge in [-0.05, 0) is 6.07 Å². The summed E-state index contributed by atoms with van der Waals surface area (Å²) in [6.07, 6.45) is 1.75. The van der Waals surface area contributed by atoms with E-state index in [1.165, 1.54) is 0 Å². The molecule has 0 aliphatic carbocycles. The largest absolute Gasteiger partial charge is 0.489 e. The van der Waals surface area contributed by atoms with Gasteiger partial charge in [0.2, 0.25) is 0 Å². The van der Waals surface area contributed by atoms with Crippen LogP contribution in [0.3, 0.4) is 0 Å². The lowest BCUT2D eigenvalue weighted by Crippen LogP contribution is -2.13. The Hall–Kier alpha value is -1.65. The fourth-order valence-electron chi connectivity index (χ4n) is 1.59. The SMILES string of the molecule is C=CCOc1ccccc1CNCc1cscn1. The lowest BCUT2D eigenvalue weighted by Gasteiger charge is -2.10. The third-order valence-electron chi connectivity index (χ3n) is 2.43.